The Bertz CT molecular complexity index is 901. The number of nitrogens with zero attached hydrogens (tertiary/aromatic N) is 5. The van der Waals surface area contributed by atoms with Gasteiger partial charge in [-0.1, -0.05) is 44.2 Å². The van der Waals surface area contributed by atoms with Crippen LogP contribution < -0.4 is 10.6 Å². The number of hydrogen-bond donors (Lipinski definition) is 2. The van der Waals surface area contributed by atoms with Gasteiger partial charge < -0.3 is 10.6 Å². The molecule has 3 aromatic rings. The number of halogens is 1. The fraction of sp³-hybridized carbons (Fsp3) is 0.381. The zero-order chi connectivity index (χ0) is 19.8. The van der Waals surface area contributed by atoms with E-state index in [1.807, 2.05) is 28.8 Å². The number of benzene rings is 1. The lowest BCUT2D eigenvalue weighted by Gasteiger charge is -2.18. The van der Waals surface area contributed by atoms with Gasteiger partial charge in [-0.25, -0.2) is 0 Å². The molecule has 0 aliphatic heterocycles. The van der Waals surface area contributed by atoms with Crippen LogP contribution in [0.15, 0.2) is 53.7 Å². The molecule has 2 aromatic heterocycles. The molecule has 0 aliphatic rings. The highest BCUT2D eigenvalue weighted by Gasteiger charge is 2.06. The van der Waals surface area contributed by atoms with Gasteiger partial charge in [-0.3, -0.25) is 14.3 Å². The van der Waals surface area contributed by atoms with E-state index < -0.39 is 0 Å². The van der Waals surface area contributed by atoms with E-state index >= 15 is 0 Å². The van der Waals surface area contributed by atoms with Crippen molar-refractivity contribution in [2.45, 2.75) is 33.5 Å². The summed E-state index contributed by atoms with van der Waals surface area (Å²) in [7, 11) is 1.77. The third kappa shape index (κ3) is 6.40. The van der Waals surface area contributed by atoms with E-state index in [2.05, 4.69) is 68.8 Å². The number of fused-ring (bicyclic) bond motifs is 1. The van der Waals surface area contributed by atoms with Crippen molar-refractivity contribution in [2.24, 2.45) is 4.99 Å². The summed E-state index contributed by atoms with van der Waals surface area (Å²) in [5.74, 6) is 1.58. The molecule has 0 radical (unpaired) electrons. The van der Waals surface area contributed by atoms with Crippen LogP contribution in [0.4, 0.5) is 0 Å². The van der Waals surface area contributed by atoms with Crippen LogP contribution in [0.5, 0.6) is 0 Å². The standard InChI is InChI=1S/C21H29N7.HI/c1-4-27(5-2)16-18-11-9-17(10-12-18)14-23-21(22-3)24-15-20-26-25-19-8-6-7-13-28(19)20;/h6-13H,4-5,14-16H2,1-3H3,(H2,22,23,24);1H. The minimum atomic E-state index is 0. The Labute approximate surface area is 189 Å². The largest absolute Gasteiger partial charge is 0.352 e. The second-order valence-electron chi connectivity index (χ2n) is 6.60. The van der Waals surface area contributed by atoms with E-state index in [-0.39, 0.29) is 24.0 Å². The minimum absolute atomic E-state index is 0. The highest BCUT2D eigenvalue weighted by Crippen LogP contribution is 2.08. The van der Waals surface area contributed by atoms with E-state index in [0.29, 0.717) is 13.1 Å². The van der Waals surface area contributed by atoms with Crippen molar-refractivity contribution in [3.05, 3.63) is 65.6 Å². The SMILES string of the molecule is CCN(CC)Cc1ccc(CNC(=NC)NCc2nnc3ccccn23)cc1.I. The van der Waals surface area contributed by atoms with Crippen LogP contribution in [-0.4, -0.2) is 45.6 Å². The van der Waals surface area contributed by atoms with Crippen molar-refractivity contribution >= 4 is 35.6 Å². The van der Waals surface area contributed by atoms with Crippen molar-refractivity contribution in [1.29, 1.82) is 0 Å². The average molecular weight is 507 g/mol. The first-order valence-corrected chi connectivity index (χ1v) is 9.76. The third-order valence-corrected chi connectivity index (χ3v) is 4.81. The van der Waals surface area contributed by atoms with Crippen molar-refractivity contribution in [3.8, 4) is 0 Å². The summed E-state index contributed by atoms with van der Waals surface area (Å²) in [4.78, 5) is 6.70. The molecule has 0 spiro atoms. The molecule has 0 aliphatic carbocycles. The van der Waals surface area contributed by atoms with E-state index in [1.165, 1.54) is 11.1 Å². The van der Waals surface area contributed by atoms with Gasteiger partial charge in [0.1, 0.15) is 0 Å². The van der Waals surface area contributed by atoms with Gasteiger partial charge in [-0.15, -0.1) is 34.2 Å². The molecule has 0 bridgehead atoms. The van der Waals surface area contributed by atoms with Crippen LogP contribution in [0.25, 0.3) is 5.65 Å². The molecular weight excluding hydrogens is 477 g/mol. The van der Waals surface area contributed by atoms with Crippen molar-refractivity contribution in [1.82, 2.24) is 30.1 Å². The molecular formula is C21H30IN7. The second-order valence-corrected chi connectivity index (χ2v) is 6.60. The Morgan fingerprint density at radius 3 is 2.34 bits per heavy atom. The summed E-state index contributed by atoms with van der Waals surface area (Å²) in [5.41, 5.74) is 3.40. The van der Waals surface area contributed by atoms with Gasteiger partial charge in [0.25, 0.3) is 0 Å². The van der Waals surface area contributed by atoms with Crippen molar-refractivity contribution in [2.75, 3.05) is 20.1 Å². The summed E-state index contributed by atoms with van der Waals surface area (Å²) in [6.07, 6.45) is 1.96. The van der Waals surface area contributed by atoms with Gasteiger partial charge in [-0.2, -0.15) is 0 Å². The summed E-state index contributed by atoms with van der Waals surface area (Å²) >= 11 is 0. The van der Waals surface area contributed by atoms with Gasteiger partial charge in [0, 0.05) is 26.3 Å². The average Bonchev–Trinajstić information content (AvgIpc) is 3.16. The predicted octanol–water partition coefficient (Wildman–Crippen LogP) is 3.05. The molecule has 0 fully saturated rings. The minimum Gasteiger partial charge on any atom is -0.352 e. The van der Waals surface area contributed by atoms with Gasteiger partial charge in [0.05, 0.1) is 6.54 Å². The smallest absolute Gasteiger partial charge is 0.191 e. The fourth-order valence-electron chi connectivity index (χ4n) is 3.05. The van der Waals surface area contributed by atoms with Crippen LogP contribution in [0.1, 0.15) is 30.8 Å². The molecule has 0 saturated carbocycles. The summed E-state index contributed by atoms with van der Waals surface area (Å²) in [5, 5.41) is 15.0. The quantitative estimate of drug-likeness (QED) is 0.279. The maximum atomic E-state index is 4.29. The Hall–Kier alpha value is -2.20. The van der Waals surface area contributed by atoms with Gasteiger partial charge >= 0.3 is 0 Å². The van der Waals surface area contributed by atoms with Gasteiger partial charge in [0.2, 0.25) is 0 Å². The monoisotopic (exact) mass is 507 g/mol. The predicted molar refractivity (Wildman–Crippen MR) is 129 cm³/mol. The summed E-state index contributed by atoms with van der Waals surface area (Å²) in [6, 6.07) is 14.6. The molecule has 156 valence electrons. The lowest BCUT2D eigenvalue weighted by Crippen LogP contribution is -2.36. The fourth-order valence-corrected chi connectivity index (χ4v) is 3.05. The number of rotatable bonds is 8. The Kier molecular flexibility index (Phi) is 9.33. The summed E-state index contributed by atoms with van der Waals surface area (Å²) < 4.78 is 1.97. The highest BCUT2D eigenvalue weighted by atomic mass is 127. The normalized spacial score (nSPS) is 11.5. The van der Waals surface area contributed by atoms with Crippen LogP contribution in [0.3, 0.4) is 0 Å². The van der Waals surface area contributed by atoms with Crippen LogP contribution in [0, 0.1) is 0 Å². The number of guanidine groups is 1. The van der Waals surface area contributed by atoms with Gasteiger partial charge in [-0.05, 0) is 36.3 Å². The first kappa shape index (κ1) is 23.1. The molecule has 0 unspecified atom stereocenters. The Morgan fingerprint density at radius 2 is 1.66 bits per heavy atom. The molecule has 8 heteroatoms. The number of nitrogens with one attached hydrogen (secondary N) is 2. The highest BCUT2D eigenvalue weighted by molar-refractivity contribution is 14.0. The lowest BCUT2D eigenvalue weighted by molar-refractivity contribution is 0.296. The topological polar surface area (TPSA) is 69.8 Å². The van der Waals surface area contributed by atoms with Crippen molar-refractivity contribution in [3.63, 3.8) is 0 Å². The van der Waals surface area contributed by atoms with E-state index in [4.69, 9.17) is 0 Å². The molecule has 3 rings (SSSR count). The molecule has 0 atom stereocenters. The van der Waals surface area contributed by atoms with Crippen LogP contribution in [-0.2, 0) is 19.6 Å². The molecule has 7 nitrogen and oxygen atoms in total. The first-order valence-electron chi connectivity index (χ1n) is 9.76. The number of aliphatic imine (C=N–C) groups is 1. The van der Waals surface area contributed by atoms with E-state index in [0.717, 1.165) is 37.1 Å². The zero-order valence-electron chi connectivity index (χ0n) is 17.3. The van der Waals surface area contributed by atoms with E-state index in [9.17, 15) is 0 Å². The number of hydrogen-bond acceptors (Lipinski definition) is 4. The first-order chi connectivity index (χ1) is 13.7. The Morgan fingerprint density at radius 1 is 0.966 bits per heavy atom. The van der Waals surface area contributed by atoms with Crippen LogP contribution >= 0.6 is 24.0 Å². The number of pyridine rings is 1. The second kappa shape index (κ2) is 11.7. The van der Waals surface area contributed by atoms with Gasteiger partial charge in [0.15, 0.2) is 17.4 Å². The molecule has 2 N–H and O–H groups in total. The third-order valence-electron chi connectivity index (χ3n) is 4.81. The molecule has 2 heterocycles. The van der Waals surface area contributed by atoms with Crippen molar-refractivity contribution < 1.29 is 0 Å². The molecule has 1 aromatic carbocycles. The molecule has 29 heavy (non-hydrogen) atoms. The molecule has 0 saturated heterocycles. The maximum Gasteiger partial charge on any atom is 0.191 e. The summed E-state index contributed by atoms with van der Waals surface area (Å²) in [6.45, 7) is 8.80. The number of aromatic nitrogens is 3. The lowest BCUT2D eigenvalue weighted by atomic mass is 10.1. The van der Waals surface area contributed by atoms with E-state index in [1.54, 1.807) is 7.05 Å². The van der Waals surface area contributed by atoms with Crippen LogP contribution in [0.2, 0.25) is 0 Å². The Balaban J connectivity index is 0.00000300. The maximum absolute atomic E-state index is 4.29. The zero-order valence-corrected chi connectivity index (χ0v) is 19.6. The molecule has 0 amide bonds.